The molecule has 1 aliphatic heterocycles. The van der Waals surface area contributed by atoms with Crippen LogP contribution in [0.15, 0.2) is 18.5 Å². The fourth-order valence-electron chi connectivity index (χ4n) is 2.08. The second-order valence-electron chi connectivity index (χ2n) is 4.84. The molecular formula is C12H18ClN3O3S. The second-order valence-corrected chi connectivity index (χ2v) is 7.39. The van der Waals surface area contributed by atoms with Crippen LogP contribution in [0.4, 0.5) is 0 Å². The second kappa shape index (κ2) is 6.26. The summed E-state index contributed by atoms with van der Waals surface area (Å²) in [6.45, 7) is 0.851. The lowest BCUT2D eigenvalue weighted by Crippen LogP contribution is -2.48. The van der Waals surface area contributed by atoms with Crippen molar-refractivity contribution in [3.8, 4) is 5.75 Å². The number of ether oxygens (including phenoxy) is 1. The Balaban J connectivity index is 2.07. The summed E-state index contributed by atoms with van der Waals surface area (Å²) < 4.78 is 32.7. The fourth-order valence-corrected chi connectivity index (χ4v) is 3.42. The largest absolute Gasteiger partial charge is 0.487 e. The van der Waals surface area contributed by atoms with Gasteiger partial charge in [-0.2, -0.15) is 17.0 Å². The molecule has 0 spiro atoms. The van der Waals surface area contributed by atoms with Gasteiger partial charge in [0.15, 0.2) is 0 Å². The van der Waals surface area contributed by atoms with E-state index in [0.717, 1.165) is 12.8 Å². The summed E-state index contributed by atoms with van der Waals surface area (Å²) in [5, 5.41) is 0.431. The van der Waals surface area contributed by atoms with E-state index < -0.39 is 10.2 Å². The minimum absolute atomic E-state index is 0.196. The molecule has 1 atom stereocenters. The van der Waals surface area contributed by atoms with E-state index >= 15 is 0 Å². The Morgan fingerprint density at radius 2 is 2.25 bits per heavy atom. The van der Waals surface area contributed by atoms with Crippen molar-refractivity contribution in [1.29, 1.82) is 0 Å². The zero-order valence-corrected chi connectivity index (χ0v) is 13.1. The zero-order chi connectivity index (χ0) is 14.8. The van der Waals surface area contributed by atoms with Crippen molar-refractivity contribution >= 4 is 21.8 Å². The molecule has 0 saturated carbocycles. The predicted octanol–water partition coefficient (Wildman–Crippen LogP) is 1.38. The van der Waals surface area contributed by atoms with E-state index in [1.807, 2.05) is 0 Å². The minimum atomic E-state index is -3.39. The average Bonchev–Trinajstić information content (AvgIpc) is 2.41. The van der Waals surface area contributed by atoms with Gasteiger partial charge in [-0.3, -0.25) is 4.98 Å². The Bertz CT molecular complexity index is 565. The Kier molecular flexibility index (Phi) is 4.85. The third-order valence-electron chi connectivity index (χ3n) is 3.16. The van der Waals surface area contributed by atoms with Crippen LogP contribution in [0.25, 0.3) is 0 Å². The first-order valence-corrected chi connectivity index (χ1v) is 8.12. The average molecular weight is 320 g/mol. The normalized spacial score (nSPS) is 21.1. The molecule has 0 unspecified atom stereocenters. The minimum Gasteiger partial charge on any atom is -0.487 e. The van der Waals surface area contributed by atoms with Gasteiger partial charge in [-0.05, 0) is 12.8 Å². The molecule has 112 valence electrons. The summed E-state index contributed by atoms with van der Waals surface area (Å²) in [5.41, 5.74) is 0. The highest BCUT2D eigenvalue weighted by Gasteiger charge is 2.31. The number of piperidine rings is 1. The van der Waals surface area contributed by atoms with Gasteiger partial charge in [0.2, 0.25) is 0 Å². The maximum Gasteiger partial charge on any atom is 0.281 e. The molecule has 6 nitrogen and oxygen atoms in total. The van der Waals surface area contributed by atoms with E-state index in [0.29, 0.717) is 23.9 Å². The van der Waals surface area contributed by atoms with E-state index in [1.54, 1.807) is 12.3 Å². The summed E-state index contributed by atoms with van der Waals surface area (Å²) >= 11 is 5.99. The number of rotatable bonds is 4. The van der Waals surface area contributed by atoms with Gasteiger partial charge in [-0.1, -0.05) is 11.6 Å². The molecule has 1 saturated heterocycles. The van der Waals surface area contributed by atoms with Gasteiger partial charge < -0.3 is 4.74 Å². The lowest BCUT2D eigenvalue weighted by atomic mass is 10.1. The van der Waals surface area contributed by atoms with Crippen molar-refractivity contribution in [2.24, 2.45) is 0 Å². The highest BCUT2D eigenvalue weighted by atomic mass is 35.5. The molecule has 0 bridgehead atoms. The van der Waals surface area contributed by atoms with Crippen molar-refractivity contribution in [3.05, 3.63) is 23.5 Å². The molecule has 0 aliphatic carbocycles. The molecule has 0 aromatic carbocycles. The monoisotopic (exact) mass is 319 g/mol. The molecule has 0 N–H and O–H groups in total. The maximum atomic E-state index is 12.1. The molecule has 8 heteroatoms. The molecule has 1 aromatic rings. The van der Waals surface area contributed by atoms with Crippen molar-refractivity contribution in [1.82, 2.24) is 13.6 Å². The van der Waals surface area contributed by atoms with Crippen LogP contribution in [0, 0.1) is 0 Å². The number of pyridine rings is 1. The summed E-state index contributed by atoms with van der Waals surface area (Å²) in [6, 6.07) is 1.68. The molecule has 2 heterocycles. The Labute approximate surface area is 124 Å². The van der Waals surface area contributed by atoms with E-state index in [2.05, 4.69) is 4.98 Å². The van der Waals surface area contributed by atoms with E-state index in [9.17, 15) is 8.42 Å². The molecule has 2 rings (SSSR count). The smallest absolute Gasteiger partial charge is 0.281 e. The van der Waals surface area contributed by atoms with Gasteiger partial charge in [0.1, 0.15) is 16.9 Å². The van der Waals surface area contributed by atoms with Gasteiger partial charge in [0.05, 0.1) is 6.54 Å². The number of aromatic nitrogens is 1. The van der Waals surface area contributed by atoms with Crippen LogP contribution in [0.2, 0.25) is 5.02 Å². The van der Waals surface area contributed by atoms with Crippen molar-refractivity contribution in [3.63, 3.8) is 0 Å². The lowest BCUT2D eigenvalue weighted by Gasteiger charge is -2.33. The van der Waals surface area contributed by atoms with Crippen LogP contribution in [0.5, 0.6) is 5.75 Å². The number of hydrogen-bond acceptors (Lipinski definition) is 4. The predicted molar refractivity (Wildman–Crippen MR) is 77.1 cm³/mol. The van der Waals surface area contributed by atoms with Crippen LogP contribution in [-0.4, -0.2) is 55.3 Å². The van der Waals surface area contributed by atoms with Gasteiger partial charge in [0, 0.05) is 39.1 Å². The van der Waals surface area contributed by atoms with Crippen molar-refractivity contribution < 1.29 is 13.2 Å². The first-order chi connectivity index (χ1) is 9.41. The van der Waals surface area contributed by atoms with Gasteiger partial charge in [0.25, 0.3) is 10.2 Å². The highest BCUT2D eigenvalue weighted by molar-refractivity contribution is 7.86. The van der Waals surface area contributed by atoms with Crippen molar-refractivity contribution in [2.75, 3.05) is 27.2 Å². The van der Waals surface area contributed by atoms with Crippen LogP contribution >= 0.6 is 11.6 Å². The highest BCUT2D eigenvalue weighted by Crippen LogP contribution is 2.26. The third-order valence-corrected chi connectivity index (χ3v) is 5.35. The molecule has 0 amide bonds. The van der Waals surface area contributed by atoms with Crippen LogP contribution < -0.4 is 4.74 Å². The molecule has 1 aromatic heterocycles. The zero-order valence-electron chi connectivity index (χ0n) is 11.5. The lowest BCUT2D eigenvalue weighted by molar-refractivity contribution is 0.127. The van der Waals surface area contributed by atoms with Gasteiger partial charge in [-0.15, -0.1) is 0 Å². The summed E-state index contributed by atoms with van der Waals surface area (Å²) in [5.74, 6) is 0.538. The fraction of sp³-hybridized carbons (Fsp3) is 0.583. The van der Waals surface area contributed by atoms with Crippen molar-refractivity contribution in [2.45, 2.75) is 18.9 Å². The van der Waals surface area contributed by atoms with Crippen LogP contribution in [0.3, 0.4) is 0 Å². The standard InChI is InChI=1S/C12H18ClN3O3S/c1-15(2)20(17,18)16-7-3-4-10(9-16)19-12-5-6-14-8-11(12)13/h5-6,8,10H,3-4,7,9H2,1-2H3/t10-/m0/s1. The van der Waals surface area contributed by atoms with Gasteiger partial charge >= 0.3 is 0 Å². The van der Waals surface area contributed by atoms with Gasteiger partial charge in [-0.25, -0.2) is 0 Å². The molecule has 1 fully saturated rings. The Morgan fingerprint density at radius 3 is 2.90 bits per heavy atom. The summed E-state index contributed by atoms with van der Waals surface area (Å²) in [6.07, 6.45) is 4.48. The quantitative estimate of drug-likeness (QED) is 0.841. The molecule has 20 heavy (non-hydrogen) atoms. The van der Waals surface area contributed by atoms with E-state index in [-0.39, 0.29) is 6.10 Å². The van der Waals surface area contributed by atoms with Crippen LogP contribution in [0.1, 0.15) is 12.8 Å². The molecule has 0 radical (unpaired) electrons. The summed E-state index contributed by atoms with van der Waals surface area (Å²) in [4.78, 5) is 3.89. The first-order valence-electron chi connectivity index (χ1n) is 6.35. The summed E-state index contributed by atoms with van der Waals surface area (Å²) in [7, 11) is -0.339. The number of nitrogens with zero attached hydrogens (tertiary/aromatic N) is 3. The van der Waals surface area contributed by atoms with E-state index in [4.69, 9.17) is 16.3 Å². The maximum absolute atomic E-state index is 12.1. The molecule has 1 aliphatic rings. The number of hydrogen-bond donors (Lipinski definition) is 0. The van der Waals surface area contributed by atoms with E-state index in [1.165, 1.54) is 28.9 Å². The molecular weight excluding hydrogens is 302 g/mol. The Hall–Kier alpha value is -0.890. The Morgan fingerprint density at radius 1 is 1.50 bits per heavy atom. The first kappa shape index (κ1) is 15.5. The number of halogens is 1. The SMILES string of the molecule is CN(C)S(=O)(=O)N1CCC[C@H](Oc2ccncc2Cl)C1. The topological polar surface area (TPSA) is 62.7 Å². The van der Waals surface area contributed by atoms with Crippen LogP contribution in [-0.2, 0) is 10.2 Å². The third kappa shape index (κ3) is 3.41.